The minimum atomic E-state index is 0.632. The van der Waals surface area contributed by atoms with Crippen molar-refractivity contribution in [3.63, 3.8) is 0 Å². The minimum absolute atomic E-state index is 0.632. The Labute approximate surface area is 108 Å². The first-order valence-electron chi connectivity index (χ1n) is 6.31. The van der Waals surface area contributed by atoms with E-state index in [0.717, 1.165) is 29.6 Å². The molecule has 2 aliphatic heterocycles. The molecule has 0 aromatic carbocycles. The lowest BCUT2D eigenvalue weighted by molar-refractivity contribution is 0.0401. The van der Waals surface area contributed by atoms with Crippen molar-refractivity contribution in [1.29, 1.82) is 0 Å². The average Bonchev–Trinajstić information content (AvgIpc) is 2.34. The van der Waals surface area contributed by atoms with E-state index in [9.17, 15) is 0 Å². The monoisotopic (exact) mass is 261 g/mol. The zero-order valence-corrected chi connectivity index (χ0v) is 11.9. The number of hydrogen-bond acceptors (Lipinski definition) is 4. The first-order chi connectivity index (χ1) is 7.83. The van der Waals surface area contributed by atoms with Gasteiger partial charge in [-0.05, 0) is 25.8 Å². The zero-order chi connectivity index (χ0) is 11.4. The predicted octanol–water partition coefficient (Wildman–Crippen LogP) is 2.24. The molecule has 2 nitrogen and oxygen atoms in total. The quantitative estimate of drug-likeness (QED) is 0.841. The summed E-state index contributed by atoms with van der Waals surface area (Å²) in [6.45, 7) is 4.31. The number of ether oxygens (including phenoxy) is 1. The van der Waals surface area contributed by atoms with Crippen LogP contribution in [-0.4, -0.2) is 48.3 Å². The third-order valence-electron chi connectivity index (χ3n) is 3.63. The van der Waals surface area contributed by atoms with Gasteiger partial charge in [0.25, 0.3) is 0 Å². The Morgan fingerprint density at radius 1 is 1.31 bits per heavy atom. The summed E-state index contributed by atoms with van der Waals surface area (Å²) in [4.78, 5) is 0. The smallest absolute Gasteiger partial charge is 0.0509 e. The van der Waals surface area contributed by atoms with Crippen LogP contribution in [0.3, 0.4) is 0 Å². The molecule has 16 heavy (non-hydrogen) atoms. The van der Waals surface area contributed by atoms with Gasteiger partial charge in [-0.15, -0.1) is 0 Å². The molecule has 0 aromatic rings. The number of hydrogen-bond donors (Lipinski definition) is 1. The van der Waals surface area contributed by atoms with E-state index in [2.05, 4.69) is 42.8 Å². The maximum absolute atomic E-state index is 5.63. The largest absolute Gasteiger partial charge is 0.381 e. The first-order valence-corrected chi connectivity index (χ1v) is 8.41. The number of nitrogens with one attached hydrogen (secondary N) is 1. The van der Waals surface area contributed by atoms with Gasteiger partial charge in [0, 0.05) is 34.7 Å². The van der Waals surface area contributed by atoms with Crippen molar-refractivity contribution in [2.45, 2.75) is 36.3 Å². The van der Waals surface area contributed by atoms with Crippen molar-refractivity contribution < 1.29 is 4.74 Å². The summed E-state index contributed by atoms with van der Waals surface area (Å²) in [5.41, 5.74) is 0. The van der Waals surface area contributed by atoms with Crippen molar-refractivity contribution >= 4 is 23.5 Å². The SMILES string of the molecule is CNC(C1CCCOC1)C1SCCSC1C. The van der Waals surface area contributed by atoms with Crippen LogP contribution in [0.1, 0.15) is 19.8 Å². The predicted molar refractivity (Wildman–Crippen MR) is 74.6 cm³/mol. The first kappa shape index (κ1) is 13.1. The average molecular weight is 261 g/mol. The molecule has 2 saturated heterocycles. The lowest BCUT2D eigenvalue weighted by Gasteiger charge is -2.39. The van der Waals surface area contributed by atoms with E-state index in [-0.39, 0.29) is 0 Å². The molecule has 2 fully saturated rings. The molecule has 0 spiro atoms. The van der Waals surface area contributed by atoms with Gasteiger partial charge >= 0.3 is 0 Å². The van der Waals surface area contributed by atoms with Gasteiger partial charge in [-0.2, -0.15) is 23.5 Å². The van der Waals surface area contributed by atoms with E-state index in [1.54, 1.807) is 0 Å². The van der Waals surface area contributed by atoms with Crippen LogP contribution in [0.4, 0.5) is 0 Å². The van der Waals surface area contributed by atoms with Crippen LogP contribution in [0.15, 0.2) is 0 Å². The van der Waals surface area contributed by atoms with Crippen LogP contribution >= 0.6 is 23.5 Å². The Kier molecular flexibility index (Phi) is 5.33. The fourth-order valence-corrected chi connectivity index (χ4v) is 5.84. The Morgan fingerprint density at radius 2 is 2.12 bits per heavy atom. The van der Waals surface area contributed by atoms with Crippen LogP contribution in [-0.2, 0) is 4.74 Å². The standard InChI is InChI=1S/C12H23NOS2/c1-9-12(16-7-6-15-9)11(13-2)10-4-3-5-14-8-10/h9-13H,3-8H2,1-2H3. The maximum atomic E-state index is 5.63. The Balaban J connectivity index is 1.96. The maximum Gasteiger partial charge on any atom is 0.0509 e. The van der Waals surface area contributed by atoms with Crippen LogP contribution in [0, 0.1) is 5.92 Å². The second-order valence-corrected chi connectivity index (χ2v) is 7.47. The molecule has 4 heteroatoms. The van der Waals surface area contributed by atoms with E-state index < -0.39 is 0 Å². The molecule has 4 atom stereocenters. The topological polar surface area (TPSA) is 21.3 Å². The van der Waals surface area contributed by atoms with Crippen LogP contribution in [0.25, 0.3) is 0 Å². The van der Waals surface area contributed by atoms with E-state index in [1.807, 2.05) is 0 Å². The van der Waals surface area contributed by atoms with Crippen molar-refractivity contribution in [2.75, 3.05) is 31.8 Å². The molecule has 94 valence electrons. The van der Waals surface area contributed by atoms with E-state index >= 15 is 0 Å². The normalized spacial score (nSPS) is 38.2. The van der Waals surface area contributed by atoms with Gasteiger partial charge in [-0.25, -0.2) is 0 Å². The summed E-state index contributed by atoms with van der Waals surface area (Å²) in [7, 11) is 2.12. The van der Waals surface area contributed by atoms with E-state index in [4.69, 9.17) is 4.74 Å². The Morgan fingerprint density at radius 3 is 2.75 bits per heavy atom. The van der Waals surface area contributed by atoms with Crippen molar-refractivity contribution in [3.05, 3.63) is 0 Å². The van der Waals surface area contributed by atoms with Gasteiger partial charge < -0.3 is 10.1 Å². The van der Waals surface area contributed by atoms with E-state index in [0.29, 0.717) is 6.04 Å². The molecule has 2 aliphatic rings. The Hall–Kier alpha value is 0.620. The molecule has 0 saturated carbocycles. The zero-order valence-electron chi connectivity index (χ0n) is 10.3. The minimum Gasteiger partial charge on any atom is -0.381 e. The van der Waals surface area contributed by atoms with Gasteiger partial charge in [0.2, 0.25) is 0 Å². The lowest BCUT2D eigenvalue weighted by Crippen LogP contribution is -2.49. The molecule has 0 radical (unpaired) electrons. The highest BCUT2D eigenvalue weighted by Crippen LogP contribution is 2.36. The van der Waals surface area contributed by atoms with Gasteiger partial charge in [-0.1, -0.05) is 6.92 Å². The molecule has 0 bridgehead atoms. The van der Waals surface area contributed by atoms with E-state index in [1.165, 1.54) is 24.3 Å². The molecule has 0 amide bonds. The molecule has 1 N–H and O–H groups in total. The van der Waals surface area contributed by atoms with Gasteiger partial charge in [0.05, 0.1) is 6.61 Å². The second-order valence-electron chi connectivity index (χ2n) is 4.70. The highest BCUT2D eigenvalue weighted by Gasteiger charge is 2.35. The van der Waals surface area contributed by atoms with Crippen LogP contribution < -0.4 is 5.32 Å². The highest BCUT2D eigenvalue weighted by atomic mass is 32.2. The van der Waals surface area contributed by atoms with Gasteiger partial charge in [0.1, 0.15) is 0 Å². The molecule has 2 rings (SSSR count). The van der Waals surface area contributed by atoms with Crippen molar-refractivity contribution in [2.24, 2.45) is 5.92 Å². The Bertz CT molecular complexity index is 209. The molecule has 4 unspecified atom stereocenters. The summed E-state index contributed by atoms with van der Waals surface area (Å²) in [5.74, 6) is 3.35. The summed E-state index contributed by atoms with van der Waals surface area (Å²) < 4.78 is 5.63. The summed E-state index contributed by atoms with van der Waals surface area (Å²) in [5, 5.41) is 5.09. The molecule has 0 aliphatic carbocycles. The fraction of sp³-hybridized carbons (Fsp3) is 1.00. The molecular weight excluding hydrogens is 238 g/mol. The van der Waals surface area contributed by atoms with Crippen LogP contribution in [0.5, 0.6) is 0 Å². The second kappa shape index (κ2) is 6.53. The lowest BCUT2D eigenvalue weighted by atomic mass is 9.90. The van der Waals surface area contributed by atoms with Crippen LogP contribution in [0.2, 0.25) is 0 Å². The van der Waals surface area contributed by atoms with Gasteiger partial charge in [-0.3, -0.25) is 0 Å². The summed E-state index contributed by atoms with van der Waals surface area (Å²) in [6, 6.07) is 0.632. The van der Waals surface area contributed by atoms with Crippen molar-refractivity contribution in [1.82, 2.24) is 5.32 Å². The molecule has 2 heterocycles. The third-order valence-corrected chi connectivity index (χ3v) is 6.84. The molecular formula is C12H23NOS2. The highest BCUT2D eigenvalue weighted by molar-refractivity contribution is 8.07. The van der Waals surface area contributed by atoms with Crippen molar-refractivity contribution in [3.8, 4) is 0 Å². The summed E-state index contributed by atoms with van der Waals surface area (Å²) >= 11 is 4.29. The van der Waals surface area contributed by atoms with Gasteiger partial charge in [0.15, 0.2) is 0 Å². The number of thioether (sulfide) groups is 2. The fourth-order valence-electron chi connectivity index (χ4n) is 2.76. The molecule has 0 aromatic heterocycles. The summed E-state index contributed by atoms with van der Waals surface area (Å²) in [6.07, 6.45) is 2.57. The number of rotatable bonds is 3. The third kappa shape index (κ3) is 3.09.